The summed E-state index contributed by atoms with van der Waals surface area (Å²) < 4.78 is 5.18. The molecule has 5 nitrogen and oxygen atoms in total. The summed E-state index contributed by atoms with van der Waals surface area (Å²) in [6.07, 6.45) is 0. The Morgan fingerprint density at radius 2 is 1.67 bits per heavy atom. The minimum Gasteiger partial charge on any atom is -0.497 e. The highest BCUT2D eigenvalue weighted by Crippen LogP contribution is 2.18. The van der Waals surface area contributed by atoms with E-state index in [1.54, 1.807) is 30.7 Å². The first-order chi connectivity index (χ1) is 14.2. The second-order valence-corrected chi connectivity index (χ2v) is 9.25. The molecule has 162 valence electrons. The lowest BCUT2D eigenvalue weighted by Gasteiger charge is -2.31. The molecular weight excluding hydrogens is 396 g/mol. The van der Waals surface area contributed by atoms with Gasteiger partial charge in [-0.25, -0.2) is 0 Å². The summed E-state index contributed by atoms with van der Waals surface area (Å²) in [5.41, 5.74) is 1.78. The Kier molecular flexibility index (Phi) is 8.78. The number of hydrogen-bond acceptors (Lipinski definition) is 4. The van der Waals surface area contributed by atoms with Crippen molar-refractivity contribution in [3.05, 3.63) is 65.7 Å². The summed E-state index contributed by atoms with van der Waals surface area (Å²) in [5.74, 6) is 1.65. The predicted octanol–water partition coefficient (Wildman–Crippen LogP) is 4.26. The molecule has 1 N–H and O–H groups in total. The molecule has 6 heteroatoms. The standard InChI is InChI=1S/C24H32N2O3S/c1-18(23(28)25-24(2,3)4)26(15-19-9-7-6-8-10-19)22(27)17-30-16-20-11-13-21(29-5)14-12-20/h6-14,18H,15-17H2,1-5H3,(H,25,28)/t18-/m1/s1. The summed E-state index contributed by atoms with van der Waals surface area (Å²) in [4.78, 5) is 27.4. The van der Waals surface area contributed by atoms with Crippen LogP contribution in [0.25, 0.3) is 0 Å². The van der Waals surface area contributed by atoms with Gasteiger partial charge in [0.25, 0.3) is 0 Å². The van der Waals surface area contributed by atoms with Crippen LogP contribution in [0, 0.1) is 0 Å². The topological polar surface area (TPSA) is 58.6 Å². The van der Waals surface area contributed by atoms with Crippen LogP contribution in [0.1, 0.15) is 38.8 Å². The smallest absolute Gasteiger partial charge is 0.242 e. The van der Waals surface area contributed by atoms with E-state index in [0.717, 1.165) is 22.6 Å². The second-order valence-electron chi connectivity index (χ2n) is 8.26. The van der Waals surface area contributed by atoms with Crippen molar-refractivity contribution in [1.29, 1.82) is 0 Å². The summed E-state index contributed by atoms with van der Waals surface area (Å²) in [7, 11) is 1.64. The number of thioether (sulfide) groups is 1. The lowest BCUT2D eigenvalue weighted by Crippen LogP contribution is -2.52. The Labute approximate surface area is 184 Å². The van der Waals surface area contributed by atoms with Crippen molar-refractivity contribution in [3.8, 4) is 5.75 Å². The number of rotatable bonds is 9. The molecule has 0 aliphatic heterocycles. The van der Waals surface area contributed by atoms with E-state index in [4.69, 9.17) is 4.74 Å². The summed E-state index contributed by atoms with van der Waals surface area (Å²) in [6, 6.07) is 17.0. The number of nitrogens with zero attached hydrogens (tertiary/aromatic N) is 1. The highest BCUT2D eigenvalue weighted by molar-refractivity contribution is 7.99. The van der Waals surface area contributed by atoms with Gasteiger partial charge in [-0.1, -0.05) is 42.5 Å². The van der Waals surface area contributed by atoms with Gasteiger partial charge in [0.1, 0.15) is 11.8 Å². The Balaban J connectivity index is 2.04. The molecule has 2 aromatic carbocycles. The molecule has 0 saturated carbocycles. The molecule has 2 aromatic rings. The van der Waals surface area contributed by atoms with Crippen molar-refractivity contribution < 1.29 is 14.3 Å². The number of benzene rings is 2. The molecule has 0 bridgehead atoms. The molecule has 0 aliphatic rings. The number of nitrogens with one attached hydrogen (secondary N) is 1. The number of hydrogen-bond donors (Lipinski definition) is 1. The van der Waals surface area contributed by atoms with Gasteiger partial charge < -0.3 is 15.0 Å². The minimum absolute atomic E-state index is 0.0473. The van der Waals surface area contributed by atoms with E-state index in [1.165, 1.54) is 0 Å². The third-order valence-electron chi connectivity index (χ3n) is 4.51. The number of methoxy groups -OCH3 is 1. The normalized spacial score (nSPS) is 12.2. The maximum atomic E-state index is 13.1. The zero-order valence-corrected chi connectivity index (χ0v) is 19.3. The van der Waals surface area contributed by atoms with Gasteiger partial charge in [-0.15, -0.1) is 11.8 Å². The summed E-state index contributed by atoms with van der Waals surface area (Å²) in [6.45, 7) is 8.00. The van der Waals surface area contributed by atoms with Crippen molar-refractivity contribution >= 4 is 23.6 Å². The Hall–Kier alpha value is -2.47. The molecule has 30 heavy (non-hydrogen) atoms. The van der Waals surface area contributed by atoms with Gasteiger partial charge >= 0.3 is 0 Å². The maximum Gasteiger partial charge on any atom is 0.242 e. The quantitative estimate of drug-likeness (QED) is 0.648. The number of carbonyl (C=O) groups excluding carboxylic acids is 2. The second kappa shape index (κ2) is 11.1. The number of amides is 2. The van der Waals surface area contributed by atoms with E-state index in [1.807, 2.05) is 75.4 Å². The zero-order chi connectivity index (χ0) is 22.1. The Bertz CT molecular complexity index is 817. The molecule has 0 heterocycles. The first kappa shape index (κ1) is 23.8. The van der Waals surface area contributed by atoms with Crippen LogP contribution >= 0.6 is 11.8 Å². The fourth-order valence-corrected chi connectivity index (χ4v) is 3.77. The van der Waals surface area contributed by atoms with E-state index >= 15 is 0 Å². The van der Waals surface area contributed by atoms with Gasteiger partial charge in [0, 0.05) is 17.8 Å². The number of carbonyl (C=O) groups is 2. The van der Waals surface area contributed by atoms with E-state index in [-0.39, 0.29) is 17.4 Å². The van der Waals surface area contributed by atoms with Crippen molar-refractivity contribution in [2.75, 3.05) is 12.9 Å². The van der Waals surface area contributed by atoms with Crippen LogP contribution in [0.5, 0.6) is 5.75 Å². The molecule has 2 rings (SSSR count). The largest absolute Gasteiger partial charge is 0.497 e. The minimum atomic E-state index is -0.557. The monoisotopic (exact) mass is 428 g/mol. The molecule has 0 aromatic heterocycles. The SMILES string of the molecule is COc1ccc(CSCC(=O)N(Cc2ccccc2)[C@H](C)C(=O)NC(C)(C)C)cc1. The average molecular weight is 429 g/mol. The van der Waals surface area contributed by atoms with Gasteiger partial charge in [-0.2, -0.15) is 0 Å². The van der Waals surface area contributed by atoms with Gasteiger partial charge in [-0.3, -0.25) is 9.59 Å². The van der Waals surface area contributed by atoms with E-state index in [0.29, 0.717) is 12.3 Å². The van der Waals surface area contributed by atoms with Crippen molar-refractivity contribution in [1.82, 2.24) is 10.2 Å². The van der Waals surface area contributed by atoms with Crippen molar-refractivity contribution in [3.63, 3.8) is 0 Å². The zero-order valence-electron chi connectivity index (χ0n) is 18.5. The molecule has 0 fully saturated rings. The van der Waals surface area contributed by atoms with Gasteiger partial charge in [0.05, 0.1) is 12.9 Å². The molecule has 0 radical (unpaired) electrons. The van der Waals surface area contributed by atoms with Crippen LogP contribution in [0.3, 0.4) is 0 Å². The first-order valence-electron chi connectivity index (χ1n) is 10.1. The fraction of sp³-hybridized carbons (Fsp3) is 0.417. The van der Waals surface area contributed by atoms with Crippen molar-refractivity contribution in [2.45, 2.75) is 51.6 Å². The van der Waals surface area contributed by atoms with E-state index in [2.05, 4.69) is 5.32 Å². The summed E-state index contributed by atoms with van der Waals surface area (Å²) >= 11 is 1.55. The van der Waals surface area contributed by atoms with Crippen LogP contribution in [0.15, 0.2) is 54.6 Å². The van der Waals surface area contributed by atoms with Gasteiger partial charge in [0.2, 0.25) is 11.8 Å². The van der Waals surface area contributed by atoms with Crippen LogP contribution in [0.2, 0.25) is 0 Å². The Morgan fingerprint density at radius 1 is 1.03 bits per heavy atom. The van der Waals surface area contributed by atoms with E-state index < -0.39 is 6.04 Å². The lowest BCUT2D eigenvalue weighted by atomic mass is 10.1. The van der Waals surface area contributed by atoms with Crippen LogP contribution in [-0.2, 0) is 21.9 Å². The van der Waals surface area contributed by atoms with Crippen molar-refractivity contribution in [2.24, 2.45) is 0 Å². The van der Waals surface area contributed by atoms with E-state index in [9.17, 15) is 9.59 Å². The molecule has 0 unspecified atom stereocenters. The first-order valence-corrected chi connectivity index (χ1v) is 11.2. The number of ether oxygens (including phenoxy) is 1. The molecule has 0 aliphatic carbocycles. The third kappa shape index (κ3) is 7.75. The molecule has 0 spiro atoms. The summed E-state index contributed by atoms with van der Waals surface area (Å²) in [5, 5.41) is 2.98. The van der Waals surface area contributed by atoms with Crippen LogP contribution in [0.4, 0.5) is 0 Å². The Morgan fingerprint density at radius 3 is 2.23 bits per heavy atom. The van der Waals surface area contributed by atoms with Crippen LogP contribution < -0.4 is 10.1 Å². The molecule has 0 saturated heterocycles. The predicted molar refractivity (Wildman–Crippen MR) is 124 cm³/mol. The van der Waals surface area contributed by atoms with Crippen LogP contribution in [-0.4, -0.2) is 41.2 Å². The fourth-order valence-electron chi connectivity index (χ4n) is 2.90. The average Bonchev–Trinajstić information content (AvgIpc) is 2.71. The third-order valence-corrected chi connectivity index (χ3v) is 5.50. The highest BCUT2D eigenvalue weighted by atomic mass is 32.2. The molecule has 2 amide bonds. The maximum absolute atomic E-state index is 13.1. The highest BCUT2D eigenvalue weighted by Gasteiger charge is 2.28. The lowest BCUT2D eigenvalue weighted by molar-refractivity contribution is -0.139. The molecule has 1 atom stereocenters. The van der Waals surface area contributed by atoms with Gasteiger partial charge in [-0.05, 0) is 51.0 Å². The van der Waals surface area contributed by atoms with Gasteiger partial charge in [0.15, 0.2) is 0 Å². The molecular formula is C24H32N2O3S.